The summed E-state index contributed by atoms with van der Waals surface area (Å²) >= 11 is 0. The second-order valence-corrected chi connectivity index (χ2v) is 4.42. The van der Waals surface area contributed by atoms with Gasteiger partial charge < -0.3 is 14.8 Å². The van der Waals surface area contributed by atoms with Gasteiger partial charge in [-0.3, -0.25) is 9.59 Å². The van der Waals surface area contributed by atoms with Gasteiger partial charge >= 0.3 is 5.97 Å². The van der Waals surface area contributed by atoms with E-state index >= 15 is 0 Å². The van der Waals surface area contributed by atoms with Gasteiger partial charge in [0.05, 0.1) is 25.7 Å². The monoisotopic (exact) mass is 263 g/mol. The van der Waals surface area contributed by atoms with E-state index in [1.807, 2.05) is 18.2 Å². The number of amides is 1. The molecule has 1 atom stereocenters. The van der Waals surface area contributed by atoms with Gasteiger partial charge in [-0.2, -0.15) is 0 Å². The van der Waals surface area contributed by atoms with E-state index in [2.05, 4.69) is 5.32 Å². The molecule has 1 fully saturated rings. The fourth-order valence-corrected chi connectivity index (χ4v) is 1.85. The Hall–Kier alpha value is -1.88. The minimum Gasteiger partial charge on any atom is -0.426 e. The van der Waals surface area contributed by atoms with Crippen LogP contribution in [0.1, 0.15) is 19.3 Å². The van der Waals surface area contributed by atoms with E-state index in [1.54, 1.807) is 12.1 Å². The van der Waals surface area contributed by atoms with E-state index in [-0.39, 0.29) is 24.3 Å². The van der Waals surface area contributed by atoms with Gasteiger partial charge in [0, 0.05) is 6.42 Å². The van der Waals surface area contributed by atoms with Crippen molar-refractivity contribution in [1.82, 2.24) is 5.32 Å². The molecule has 0 bridgehead atoms. The third kappa shape index (κ3) is 4.71. The molecule has 1 N–H and O–H groups in total. The molecular formula is C14H17NO4. The Morgan fingerprint density at radius 1 is 1.32 bits per heavy atom. The van der Waals surface area contributed by atoms with Crippen molar-refractivity contribution >= 4 is 11.9 Å². The van der Waals surface area contributed by atoms with Crippen LogP contribution >= 0.6 is 0 Å². The summed E-state index contributed by atoms with van der Waals surface area (Å²) < 4.78 is 10.5. The Morgan fingerprint density at radius 3 is 2.79 bits per heavy atom. The molecule has 5 nitrogen and oxygen atoms in total. The highest BCUT2D eigenvalue weighted by molar-refractivity contribution is 5.78. The third-order valence-corrected chi connectivity index (χ3v) is 2.83. The number of carbonyl (C=O) groups is 2. The Kier molecular flexibility index (Phi) is 4.92. The first-order valence-corrected chi connectivity index (χ1v) is 6.37. The first-order valence-electron chi connectivity index (χ1n) is 6.37. The van der Waals surface area contributed by atoms with Crippen LogP contribution in [0, 0.1) is 0 Å². The maximum absolute atomic E-state index is 11.5. The number of ether oxygens (including phenoxy) is 2. The van der Waals surface area contributed by atoms with E-state index in [9.17, 15) is 9.59 Å². The van der Waals surface area contributed by atoms with Crippen molar-refractivity contribution in [3.05, 3.63) is 30.3 Å². The summed E-state index contributed by atoms with van der Waals surface area (Å²) in [5.74, 6) is 0.286. The predicted molar refractivity (Wildman–Crippen MR) is 68.7 cm³/mol. The number of carbonyl (C=O) groups excluding carboxylic acids is 2. The maximum atomic E-state index is 11.5. The van der Waals surface area contributed by atoms with E-state index in [0.29, 0.717) is 25.4 Å². The summed E-state index contributed by atoms with van der Waals surface area (Å²) in [6.07, 6.45) is 1.56. The molecule has 0 aliphatic carbocycles. The van der Waals surface area contributed by atoms with Crippen LogP contribution in [-0.2, 0) is 14.3 Å². The van der Waals surface area contributed by atoms with Crippen molar-refractivity contribution in [3.63, 3.8) is 0 Å². The zero-order valence-corrected chi connectivity index (χ0v) is 10.6. The lowest BCUT2D eigenvalue weighted by Gasteiger charge is -2.10. The molecule has 5 heteroatoms. The van der Waals surface area contributed by atoms with Crippen LogP contribution in [0.25, 0.3) is 0 Å². The highest BCUT2D eigenvalue weighted by Gasteiger charge is 2.20. The summed E-state index contributed by atoms with van der Waals surface area (Å²) in [5.41, 5.74) is 0. The van der Waals surface area contributed by atoms with Gasteiger partial charge in [0.1, 0.15) is 5.75 Å². The molecule has 1 aliphatic rings. The number of hydrogen-bond donors (Lipinski definition) is 1. The molecular weight excluding hydrogens is 246 g/mol. The first kappa shape index (κ1) is 13.5. The third-order valence-electron chi connectivity index (χ3n) is 2.83. The Bertz CT molecular complexity index is 432. The smallest absolute Gasteiger partial charge is 0.313 e. The first-order chi connectivity index (χ1) is 9.24. The second kappa shape index (κ2) is 6.89. The minimum absolute atomic E-state index is 0.0667. The molecule has 19 heavy (non-hydrogen) atoms. The van der Waals surface area contributed by atoms with Gasteiger partial charge in [0.2, 0.25) is 5.91 Å². The van der Waals surface area contributed by atoms with Crippen molar-refractivity contribution in [1.29, 1.82) is 0 Å². The zero-order chi connectivity index (χ0) is 13.5. The van der Waals surface area contributed by atoms with Gasteiger partial charge in [-0.15, -0.1) is 0 Å². The van der Waals surface area contributed by atoms with Gasteiger partial charge in [-0.25, -0.2) is 0 Å². The molecule has 102 valence electrons. The van der Waals surface area contributed by atoms with E-state index in [4.69, 9.17) is 9.47 Å². The number of esters is 1. The van der Waals surface area contributed by atoms with Gasteiger partial charge in [0.25, 0.3) is 0 Å². The fourth-order valence-electron chi connectivity index (χ4n) is 1.85. The fraction of sp³-hybridized carbons (Fsp3) is 0.429. The maximum Gasteiger partial charge on any atom is 0.313 e. The second-order valence-electron chi connectivity index (χ2n) is 4.42. The lowest BCUT2D eigenvalue weighted by molar-refractivity contribution is -0.135. The molecule has 1 aliphatic heterocycles. The SMILES string of the molecule is O=C1CC[C@@H](COCCC(=O)Oc2ccccc2)N1. The van der Waals surface area contributed by atoms with Crippen molar-refractivity contribution in [2.24, 2.45) is 0 Å². The number of para-hydroxylation sites is 1. The molecule has 0 saturated carbocycles. The summed E-state index contributed by atoms with van der Waals surface area (Å²) in [6.45, 7) is 0.752. The van der Waals surface area contributed by atoms with E-state index < -0.39 is 0 Å². The molecule has 0 unspecified atom stereocenters. The highest BCUT2D eigenvalue weighted by Crippen LogP contribution is 2.09. The van der Waals surface area contributed by atoms with E-state index in [0.717, 1.165) is 6.42 Å². The number of rotatable bonds is 6. The van der Waals surface area contributed by atoms with Crippen LogP contribution in [0.3, 0.4) is 0 Å². The lowest BCUT2D eigenvalue weighted by Crippen LogP contribution is -2.30. The van der Waals surface area contributed by atoms with Crippen LogP contribution in [0.4, 0.5) is 0 Å². The summed E-state index contributed by atoms with van der Waals surface area (Å²) in [5, 5.41) is 2.80. The Labute approximate surface area is 111 Å². The quantitative estimate of drug-likeness (QED) is 0.477. The van der Waals surface area contributed by atoms with Crippen molar-refractivity contribution in [2.75, 3.05) is 13.2 Å². The molecule has 1 aromatic rings. The summed E-state index contributed by atoms with van der Waals surface area (Å²) in [7, 11) is 0. The summed E-state index contributed by atoms with van der Waals surface area (Å²) in [4.78, 5) is 22.4. The van der Waals surface area contributed by atoms with Gasteiger partial charge in [-0.1, -0.05) is 18.2 Å². The normalized spacial score (nSPS) is 18.1. The molecule has 2 rings (SSSR count). The standard InChI is InChI=1S/C14H17NO4/c16-13-7-6-11(15-13)10-18-9-8-14(17)19-12-4-2-1-3-5-12/h1-5,11H,6-10H2,(H,15,16)/t11-/m0/s1. The number of nitrogens with one attached hydrogen (secondary N) is 1. The van der Waals surface area contributed by atoms with Crippen molar-refractivity contribution in [2.45, 2.75) is 25.3 Å². The molecule has 1 heterocycles. The molecule has 0 radical (unpaired) electrons. The molecule has 0 spiro atoms. The van der Waals surface area contributed by atoms with Crippen molar-refractivity contribution in [3.8, 4) is 5.75 Å². The Morgan fingerprint density at radius 2 is 2.11 bits per heavy atom. The number of hydrogen-bond acceptors (Lipinski definition) is 4. The van der Waals surface area contributed by atoms with Gasteiger partial charge in [-0.05, 0) is 18.6 Å². The minimum atomic E-state index is -0.318. The molecule has 1 saturated heterocycles. The van der Waals surface area contributed by atoms with Crippen LogP contribution in [0.2, 0.25) is 0 Å². The van der Waals surface area contributed by atoms with Crippen LogP contribution in [-0.4, -0.2) is 31.1 Å². The lowest BCUT2D eigenvalue weighted by atomic mass is 10.2. The average Bonchev–Trinajstić information content (AvgIpc) is 2.82. The highest BCUT2D eigenvalue weighted by atomic mass is 16.5. The van der Waals surface area contributed by atoms with Crippen LogP contribution in [0.15, 0.2) is 30.3 Å². The van der Waals surface area contributed by atoms with E-state index in [1.165, 1.54) is 0 Å². The zero-order valence-electron chi connectivity index (χ0n) is 10.6. The topological polar surface area (TPSA) is 64.6 Å². The average molecular weight is 263 g/mol. The molecule has 1 aromatic carbocycles. The van der Waals surface area contributed by atoms with Gasteiger partial charge in [0.15, 0.2) is 0 Å². The van der Waals surface area contributed by atoms with Crippen LogP contribution in [0.5, 0.6) is 5.75 Å². The Balaban J connectivity index is 1.58. The number of benzene rings is 1. The van der Waals surface area contributed by atoms with Crippen molar-refractivity contribution < 1.29 is 19.1 Å². The predicted octanol–water partition coefficient (Wildman–Crippen LogP) is 1.28. The largest absolute Gasteiger partial charge is 0.426 e. The molecule has 0 aromatic heterocycles. The summed E-state index contributed by atoms with van der Waals surface area (Å²) in [6, 6.07) is 9.01. The van der Waals surface area contributed by atoms with Crippen LogP contribution < -0.4 is 10.1 Å². The molecule has 1 amide bonds.